The lowest BCUT2D eigenvalue weighted by Crippen LogP contribution is -2.54. The summed E-state index contributed by atoms with van der Waals surface area (Å²) in [5.74, 6) is -2.09. The van der Waals surface area contributed by atoms with Gasteiger partial charge in [-0.1, -0.05) is 62.4 Å². The molecular formula is C29H33F2N3O2. The molecule has 0 aromatic heterocycles. The number of carbonyl (C=O) groups is 2. The van der Waals surface area contributed by atoms with Gasteiger partial charge in [-0.2, -0.15) is 0 Å². The van der Waals surface area contributed by atoms with Crippen LogP contribution in [0.15, 0.2) is 60.7 Å². The summed E-state index contributed by atoms with van der Waals surface area (Å²) >= 11 is 0. The fourth-order valence-corrected chi connectivity index (χ4v) is 4.72. The molecule has 1 aliphatic rings. The molecule has 2 N–H and O–H groups in total. The van der Waals surface area contributed by atoms with E-state index in [1.54, 1.807) is 6.07 Å². The van der Waals surface area contributed by atoms with Gasteiger partial charge in [0.05, 0.1) is 6.42 Å². The van der Waals surface area contributed by atoms with Gasteiger partial charge in [-0.15, -0.1) is 0 Å². The average Bonchev–Trinajstić information content (AvgIpc) is 2.85. The lowest BCUT2D eigenvalue weighted by molar-refractivity contribution is -0.130. The number of nitrogens with zero attached hydrogens (tertiary/aromatic N) is 1. The molecule has 5 nitrogen and oxygen atoms in total. The van der Waals surface area contributed by atoms with E-state index in [1.807, 2.05) is 56.3 Å². The predicted octanol–water partition coefficient (Wildman–Crippen LogP) is 4.58. The minimum Gasteiger partial charge on any atom is -0.351 e. The molecule has 190 valence electrons. The van der Waals surface area contributed by atoms with E-state index in [4.69, 9.17) is 0 Å². The van der Waals surface area contributed by atoms with Crippen LogP contribution in [-0.4, -0.2) is 41.9 Å². The molecule has 3 aromatic carbocycles. The molecule has 1 atom stereocenters. The van der Waals surface area contributed by atoms with Crippen LogP contribution in [0.3, 0.4) is 0 Å². The number of piperidine rings is 1. The Morgan fingerprint density at radius 3 is 2.31 bits per heavy atom. The highest BCUT2D eigenvalue weighted by molar-refractivity contribution is 5.89. The molecule has 1 fully saturated rings. The highest BCUT2D eigenvalue weighted by atomic mass is 19.2. The summed E-state index contributed by atoms with van der Waals surface area (Å²) in [7, 11) is 0. The van der Waals surface area contributed by atoms with Crippen molar-refractivity contribution in [2.75, 3.05) is 13.1 Å². The Labute approximate surface area is 210 Å². The van der Waals surface area contributed by atoms with Gasteiger partial charge in [-0.25, -0.2) is 8.78 Å². The van der Waals surface area contributed by atoms with Gasteiger partial charge in [-0.05, 0) is 52.8 Å². The summed E-state index contributed by atoms with van der Waals surface area (Å²) in [6.45, 7) is 5.86. The average molecular weight is 494 g/mol. The second-order valence-corrected chi connectivity index (χ2v) is 9.95. The van der Waals surface area contributed by atoms with Gasteiger partial charge in [-0.3, -0.25) is 14.5 Å². The molecule has 7 heteroatoms. The number of benzene rings is 3. The van der Waals surface area contributed by atoms with E-state index in [9.17, 15) is 18.4 Å². The molecule has 1 aliphatic heterocycles. The van der Waals surface area contributed by atoms with Crippen molar-refractivity contribution in [2.45, 2.75) is 51.7 Å². The quantitative estimate of drug-likeness (QED) is 0.483. The van der Waals surface area contributed by atoms with Crippen molar-refractivity contribution in [3.8, 4) is 0 Å². The first-order valence-electron chi connectivity index (χ1n) is 12.5. The van der Waals surface area contributed by atoms with Crippen LogP contribution in [0.25, 0.3) is 10.8 Å². The van der Waals surface area contributed by atoms with Crippen LogP contribution in [0.4, 0.5) is 8.78 Å². The maximum atomic E-state index is 13.5. The Morgan fingerprint density at radius 2 is 1.61 bits per heavy atom. The summed E-state index contributed by atoms with van der Waals surface area (Å²) in [4.78, 5) is 28.0. The number of likely N-dealkylation sites (tertiary alicyclic amines) is 1. The molecule has 0 bridgehead atoms. The number of halogens is 2. The number of nitrogens with one attached hydrogen (secondary N) is 2. The lowest BCUT2D eigenvalue weighted by Gasteiger charge is -2.33. The van der Waals surface area contributed by atoms with E-state index >= 15 is 0 Å². The van der Waals surface area contributed by atoms with E-state index in [1.165, 1.54) is 6.07 Å². The van der Waals surface area contributed by atoms with Gasteiger partial charge in [0.15, 0.2) is 11.6 Å². The normalized spacial score (nSPS) is 15.7. The van der Waals surface area contributed by atoms with E-state index in [2.05, 4.69) is 15.5 Å². The Morgan fingerprint density at radius 1 is 0.917 bits per heavy atom. The number of fused-ring (bicyclic) bond motifs is 1. The number of hydrogen-bond acceptors (Lipinski definition) is 3. The number of carbonyl (C=O) groups excluding carboxylic acids is 2. The smallest absolute Gasteiger partial charge is 0.243 e. The summed E-state index contributed by atoms with van der Waals surface area (Å²) in [5.41, 5.74) is 1.63. The third kappa shape index (κ3) is 6.66. The highest BCUT2D eigenvalue weighted by Crippen LogP contribution is 2.18. The van der Waals surface area contributed by atoms with Gasteiger partial charge in [0.1, 0.15) is 6.04 Å². The van der Waals surface area contributed by atoms with Crippen molar-refractivity contribution >= 4 is 22.6 Å². The van der Waals surface area contributed by atoms with Crippen LogP contribution < -0.4 is 10.6 Å². The van der Waals surface area contributed by atoms with E-state index in [-0.39, 0.29) is 30.2 Å². The molecule has 36 heavy (non-hydrogen) atoms. The van der Waals surface area contributed by atoms with Crippen molar-refractivity contribution < 1.29 is 18.4 Å². The van der Waals surface area contributed by atoms with Gasteiger partial charge in [0, 0.05) is 25.7 Å². The molecule has 1 unspecified atom stereocenters. The predicted molar refractivity (Wildman–Crippen MR) is 137 cm³/mol. The molecule has 2 amide bonds. The molecule has 0 radical (unpaired) electrons. The zero-order valence-corrected chi connectivity index (χ0v) is 20.8. The standard InChI is InChI=1S/C29H33F2N3O2/c1-19(2)28(33-27(35)17-20-7-9-22-5-3-4-6-23(22)15-20)29(36)32-24-11-13-34(14-12-24)18-21-8-10-25(30)26(31)16-21/h3-10,15-16,19,24,28H,11-14,17-18H2,1-2H3,(H,32,36)(H,33,35). The van der Waals surface area contributed by atoms with Crippen molar-refractivity contribution in [3.05, 3.63) is 83.4 Å². The molecule has 1 saturated heterocycles. The first-order chi connectivity index (χ1) is 17.3. The Kier molecular flexibility index (Phi) is 8.31. The van der Waals surface area contributed by atoms with Crippen LogP contribution in [0, 0.1) is 17.6 Å². The molecule has 0 spiro atoms. The minimum absolute atomic E-state index is 0.0114. The monoisotopic (exact) mass is 493 g/mol. The topological polar surface area (TPSA) is 61.4 Å². The fraction of sp³-hybridized carbons (Fsp3) is 0.379. The van der Waals surface area contributed by atoms with Crippen molar-refractivity contribution in [2.24, 2.45) is 5.92 Å². The molecular weight excluding hydrogens is 460 g/mol. The second kappa shape index (κ2) is 11.6. The van der Waals surface area contributed by atoms with Crippen LogP contribution >= 0.6 is 0 Å². The maximum Gasteiger partial charge on any atom is 0.243 e. The van der Waals surface area contributed by atoms with Crippen LogP contribution in [0.1, 0.15) is 37.8 Å². The minimum atomic E-state index is -0.843. The van der Waals surface area contributed by atoms with Crippen molar-refractivity contribution in [1.82, 2.24) is 15.5 Å². The lowest BCUT2D eigenvalue weighted by atomic mass is 9.99. The summed E-state index contributed by atoms with van der Waals surface area (Å²) < 4.78 is 26.6. The Hall–Kier alpha value is -3.32. The van der Waals surface area contributed by atoms with Crippen LogP contribution in [0.2, 0.25) is 0 Å². The van der Waals surface area contributed by atoms with E-state index < -0.39 is 17.7 Å². The molecule has 0 aliphatic carbocycles. The maximum absolute atomic E-state index is 13.5. The summed E-state index contributed by atoms with van der Waals surface area (Å²) in [6.07, 6.45) is 1.72. The largest absolute Gasteiger partial charge is 0.351 e. The zero-order chi connectivity index (χ0) is 25.7. The van der Waals surface area contributed by atoms with Crippen LogP contribution in [0.5, 0.6) is 0 Å². The van der Waals surface area contributed by atoms with E-state index in [0.29, 0.717) is 6.54 Å². The summed E-state index contributed by atoms with van der Waals surface area (Å²) in [6, 6.07) is 17.3. The fourth-order valence-electron chi connectivity index (χ4n) is 4.72. The Balaban J connectivity index is 1.27. The van der Waals surface area contributed by atoms with Gasteiger partial charge in [0.2, 0.25) is 11.8 Å². The zero-order valence-electron chi connectivity index (χ0n) is 20.8. The van der Waals surface area contributed by atoms with Crippen molar-refractivity contribution in [1.29, 1.82) is 0 Å². The van der Waals surface area contributed by atoms with Gasteiger partial charge < -0.3 is 10.6 Å². The van der Waals surface area contributed by atoms with Crippen molar-refractivity contribution in [3.63, 3.8) is 0 Å². The Bertz CT molecular complexity index is 1220. The highest BCUT2D eigenvalue weighted by Gasteiger charge is 2.28. The van der Waals surface area contributed by atoms with Crippen LogP contribution in [-0.2, 0) is 22.6 Å². The second-order valence-electron chi connectivity index (χ2n) is 9.95. The number of rotatable bonds is 8. The molecule has 4 rings (SSSR count). The SMILES string of the molecule is CC(C)C(NC(=O)Cc1ccc2ccccc2c1)C(=O)NC1CCN(Cc2ccc(F)c(F)c2)CC1. The molecule has 3 aromatic rings. The molecule has 1 heterocycles. The van der Waals surface area contributed by atoms with Gasteiger partial charge in [0.25, 0.3) is 0 Å². The number of amides is 2. The van der Waals surface area contributed by atoms with Gasteiger partial charge >= 0.3 is 0 Å². The van der Waals surface area contributed by atoms with E-state index in [0.717, 1.165) is 53.9 Å². The third-order valence-electron chi connectivity index (χ3n) is 6.77. The molecule has 0 saturated carbocycles. The first-order valence-corrected chi connectivity index (χ1v) is 12.5. The third-order valence-corrected chi connectivity index (χ3v) is 6.77. The number of hydrogen-bond donors (Lipinski definition) is 2. The summed E-state index contributed by atoms with van der Waals surface area (Å²) in [5, 5.41) is 8.23. The first kappa shape index (κ1) is 25.8.